The van der Waals surface area contributed by atoms with E-state index in [4.69, 9.17) is 4.74 Å². The van der Waals surface area contributed by atoms with Crippen molar-refractivity contribution in [2.24, 2.45) is 0 Å². The predicted molar refractivity (Wildman–Crippen MR) is 69.7 cm³/mol. The van der Waals surface area contributed by atoms with Gasteiger partial charge in [-0.1, -0.05) is 18.2 Å². The Morgan fingerprint density at radius 1 is 1.37 bits per heavy atom. The van der Waals surface area contributed by atoms with E-state index < -0.39 is 0 Å². The first-order valence-corrected chi connectivity index (χ1v) is 6.09. The van der Waals surface area contributed by atoms with Crippen LogP contribution in [0.2, 0.25) is 0 Å². The third-order valence-electron chi connectivity index (χ3n) is 2.61. The van der Waals surface area contributed by atoms with Crippen molar-refractivity contribution in [1.82, 2.24) is 15.5 Å². The van der Waals surface area contributed by atoms with E-state index >= 15 is 0 Å². The van der Waals surface area contributed by atoms with E-state index in [1.807, 2.05) is 24.3 Å². The van der Waals surface area contributed by atoms with E-state index in [1.165, 1.54) is 0 Å². The maximum Gasteiger partial charge on any atom is 0.307 e. The molecule has 2 aromatic rings. The Bertz CT molecular complexity index is 592. The number of nitrogens with one attached hydrogen (secondary N) is 2. The summed E-state index contributed by atoms with van der Waals surface area (Å²) in [6, 6.07) is 7.37. The smallest absolute Gasteiger partial charge is 0.307 e. The molecule has 0 saturated carbocycles. The molecule has 0 radical (unpaired) electrons. The van der Waals surface area contributed by atoms with Crippen LogP contribution in [0.15, 0.2) is 24.3 Å². The van der Waals surface area contributed by atoms with E-state index in [1.54, 1.807) is 6.92 Å². The molecule has 0 saturated heterocycles. The highest BCUT2D eigenvalue weighted by Gasteiger charge is 2.13. The van der Waals surface area contributed by atoms with Crippen molar-refractivity contribution in [2.45, 2.75) is 13.3 Å². The number of nitrogens with zero attached hydrogens (tertiary/aromatic N) is 1. The van der Waals surface area contributed by atoms with E-state index in [0.717, 1.165) is 10.9 Å². The van der Waals surface area contributed by atoms with Gasteiger partial charge in [0.05, 0.1) is 18.5 Å². The lowest BCUT2D eigenvalue weighted by molar-refractivity contribution is -0.142. The molecule has 100 valence electrons. The predicted octanol–water partition coefficient (Wildman–Crippen LogP) is 1.25. The first-order chi connectivity index (χ1) is 9.22. The van der Waals surface area contributed by atoms with Gasteiger partial charge in [-0.3, -0.25) is 14.7 Å². The van der Waals surface area contributed by atoms with Crippen LogP contribution in [0.25, 0.3) is 10.9 Å². The number of esters is 1. The molecule has 0 aliphatic rings. The first kappa shape index (κ1) is 13.1. The second-order valence-corrected chi connectivity index (χ2v) is 3.93. The summed E-state index contributed by atoms with van der Waals surface area (Å²) in [7, 11) is 0. The van der Waals surface area contributed by atoms with Crippen LogP contribution in [0, 0.1) is 0 Å². The Kier molecular flexibility index (Phi) is 4.12. The number of hydrogen-bond donors (Lipinski definition) is 2. The molecule has 2 N–H and O–H groups in total. The van der Waals surface area contributed by atoms with Crippen molar-refractivity contribution in [3.63, 3.8) is 0 Å². The summed E-state index contributed by atoms with van der Waals surface area (Å²) in [4.78, 5) is 23.0. The van der Waals surface area contributed by atoms with Crippen molar-refractivity contribution >= 4 is 22.8 Å². The van der Waals surface area contributed by atoms with Gasteiger partial charge >= 0.3 is 5.97 Å². The van der Waals surface area contributed by atoms with Crippen molar-refractivity contribution in [1.29, 1.82) is 0 Å². The summed E-state index contributed by atoms with van der Waals surface area (Å²) >= 11 is 0. The van der Waals surface area contributed by atoms with Crippen molar-refractivity contribution in [3.05, 3.63) is 30.0 Å². The van der Waals surface area contributed by atoms with Crippen LogP contribution in [0.3, 0.4) is 0 Å². The Labute approximate surface area is 110 Å². The molecule has 1 aromatic carbocycles. The van der Waals surface area contributed by atoms with Crippen LogP contribution < -0.4 is 5.32 Å². The number of fused-ring (bicyclic) bond motifs is 1. The van der Waals surface area contributed by atoms with Gasteiger partial charge in [-0.2, -0.15) is 5.10 Å². The molecule has 0 aliphatic heterocycles. The number of carbonyl (C=O) groups excluding carboxylic acids is 2. The normalized spacial score (nSPS) is 10.4. The summed E-state index contributed by atoms with van der Waals surface area (Å²) in [6.45, 7) is 2.32. The monoisotopic (exact) mass is 261 g/mol. The standard InChI is InChI=1S/C13H15N3O3/c1-2-19-11(17)7-8-14-13(18)12-9-5-3-4-6-10(9)15-16-12/h3-6H,2,7-8H2,1H3,(H,14,18)(H,15,16). The molecular formula is C13H15N3O3. The summed E-state index contributed by atoms with van der Waals surface area (Å²) in [5.74, 6) is -0.628. The maximum absolute atomic E-state index is 11.9. The number of carbonyl (C=O) groups is 2. The van der Waals surface area contributed by atoms with E-state index in [0.29, 0.717) is 12.3 Å². The van der Waals surface area contributed by atoms with Gasteiger partial charge in [-0.05, 0) is 13.0 Å². The zero-order chi connectivity index (χ0) is 13.7. The van der Waals surface area contributed by atoms with Crippen LogP contribution in [-0.4, -0.2) is 35.2 Å². The van der Waals surface area contributed by atoms with Crippen LogP contribution in [0.4, 0.5) is 0 Å². The fourth-order valence-electron chi connectivity index (χ4n) is 1.73. The fourth-order valence-corrected chi connectivity index (χ4v) is 1.73. The largest absolute Gasteiger partial charge is 0.466 e. The van der Waals surface area contributed by atoms with Gasteiger partial charge in [-0.25, -0.2) is 0 Å². The topological polar surface area (TPSA) is 84.1 Å². The molecule has 0 aliphatic carbocycles. The molecule has 0 bridgehead atoms. The number of H-pyrrole nitrogens is 1. The molecule has 0 atom stereocenters. The lowest BCUT2D eigenvalue weighted by Crippen LogP contribution is -2.27. The zero-order valence-corrected chi connectivity index (χ0v) is 10.6. The molecule has 6 heteroatoms. The minimum absolute atomic E-state index is 0.155. The van der Waals surface area contributed by atoms with Gasteiger partial charge in [0.15, 0.2) is 5.69 Å². The Morgan fingerprint density at radius 3 is 2.95 bits per heavy atom. The summed E-state index contributed by atoms with van der Waals surface area (Å²) in [5, 5.41) is 10.2. The van der Waals surface area contributed by atoms with Gasteiger partial charge in [0.25, 0.3) is 5.91 Å². The Hall–Kier alpha value is -2.37. The third kappa shape index (κ3) is 3.09. The molecule has 0 fully saturated rings. The summed E-state index contributed by atoms with van der Waals surface area (Å²) in [6.07, 6.45) is 0.155. The van der Waals surface area contributed by atoms with Crippen molar-refractivity contribution in [3.8, 4) is 0 Å². The number of rotatable bonds is 5. The molecule has 6 nitrogen and oxygen atoms in total. The molecule has 2 rings (SSSR count). The highest BCUT2D eigenvalue weighted by molar-refractivity contribution is 6.04. The maximum atomic E-state index is 11.9. The van der Waals surface area contributed by atoms with Gasteiger partial charge < -0.3 is 10.1 Å². The molecule has 1 heterocycles. The molecule has 1 amide bonds. The lowest BCUT2D eigenvalue weighted by atomic mass is 10.2. The number of aromatic amines is 1. The second kappa shape index (κ2) is 5.99. The van der Waals surface area contributed by atoms with Crippen LogP contribution in [0.1, 0.15) is 23.8 Å². The number of amides is 1. The average Bonchev–Trinajstić information content (AvgIpc) is 2.82. The van der Waals surface area contributed by atoms with Crippen molar-refractivity contribution < 1.29 is 14.3 Å². The highest BCUT2D eigenvalue weighted by Crippen LogP contribution is 2.14. The summed E-state index contributed by atoms with van der Waals surface area (Å²) in [5.41, 5.74) is 1.14. The molecule has 0 unspecified atom stereocenters. The first-order valence-electron chi connectivity index (χ1n) is 6.09. The molecule has 1 aromatic heterocycles. The number of para-hydroxylation sites is 1. The van der Waals surface area contributed by atoms with Crippen LogP contribution in [0.5, 0.6) is 0 Å². The number of benzene rings is 1. The number of aromatic nitrogens is 2. The number of hydrogen-bond acceptors (Lipinski definition) is 4. The van der Waals surface area contributed by atoms with Gasteiger partial charge in [-0.15, -0.1) is 0 Å². The van der Waals surface area contributed by atoms with E-state index in [2.05, 4.69) is 15.5 Å². The number of ether oxygens (including phenoxy) is 1. The fraction of sp³-hybridized carbons (Fsp3) is 0.308. The quantitative estimate of drug-likeness (QED) is 0.793. The molecule has 19 heavy (non-hydrogen) atoms. The summed E-state index contributed by atoms with van der Waals surface area (Å²) < 4.78 is 4.77. The lowest BCUT2D eigenvalue weighted by Gasteiger charge is -2.03. The zero-order valence-electron chi connectivity index (χ0n) is 10.6. The van der Waals surface area contributed by atoms with Gasteiger partial charge in [0.1, 0.15) is 0 Å². The third-order valence-corrected chi connectivity index (χ3v) is 2.61. The van der Waals surface area contributed by atoms with Crippen LogP contribution >= 0.6 is 0 Å². The second-order valence-electron chi connectivity index (χ2n) is 3.93. The Morgan fingerprint density at radius 2 is 2.16 bits per heavy atom. The van der Waals surface area contributed by atoms with Gasteiger partial charge in [0, 0.05) is 11.9 Å². The SMILES string of the molecule is CCOC(=O)CCNC(=O)c1n[nH]c2ccccc12. The van der Waals surface area contributed by atoms with E-state index in [-0.39, 0.29) is 24.8 Å². The molecular weight excluding hydrogens is 246 g/mol. The minimum Gasteiger partial charge on any atom is -0.466 e. The molecule has 0 spiro atoms. The van der Waals surface area contributed by atoms with Crippen LogP contribution in [-0.2, 0) is 9.53 Å². The highest BCUT2D eigenvalue weighted by atomic mass is 16.5. The minimum atomic E-state index is -0.324. The average molecular weight is 261 g/mol. The van der Waals surface area contributed by atoms with E-state index in [9.17, 15) is 9.59 Å². The Balaban J connectivity index is 1.95. The van der Waals surface area contributed by atoms with Crippen molar-refractivity contribution in [2.75, 3.05) is 13.2 Å². The van der Waals surface area contributed by atoms with Gasteiger partial charge in [0.2, 0.25) is 0 Å².